The minimum atomic E-state index is -1.22. The first-order valence-electron chi connectivity index (χ1n) is 3.63. The van der Waals surface area contributed by atoms with E-state index in [1.54, 1.807) is 0 Å². The molecule has 72 valence electrons. The number of aliphatic carboxylic acids is 2. The first kappa shape index (κ1) is 11.5. The Morgan fingerprint density at radius 3 is 2.23 bits per heavy atom. The van der Waals surface area contributed by atoms with E-state index in [0.29, 0.717) is 0 Å². The van der Waals surface area contributed by atoms with Crippen LogP contribution < -0.4 is 5.73 Å². The molecule has 0 aliphatic carbocycles. The fourth-order valence-corrected chi connectivity index (χ4v) is 0.821. The molecule has 0 aromatic carbocycles. The van der Waals surface area contributed by atoms with E-state index < -0.39 is 23.9 Å². The van der Waals surface area contributed by atoms with E-state index in [9.17, 15) is 9.59 Å². The fraction of sp³-hybridized carbons (Fsp3) is 0.500. The van der Waals surface area contributed by atoms with Crippen LogP contribution in [0.15, 0.2) is 0 Å². The Morgan fingerprint density at radius 2 is 1.92 bits per heavy atom. The number of terminal acetylenes is 1. The van der Waals surface area contributed by atoms with Gasteiger partial charge >= 0.3 is 11.9 Å². The monoisotopic (exact) mass is 185 g/mol. The summed E-state index contributed by atoms with van der Waals surface area (Å²) in [5, 5.41) is 17.0. The summed E-state index contributed by atoms with van der Waals surface area (Å²) in [4.78, 5) is 20.8. The van der Waals surface area contributed by atoms with Gasteiger partial charge in [-0.15, -0.1) is 12.3 Å². The van der Waals surface area contributed by atoms with Gasteiger partial charge in [-0.2, -0.15) is 0 Å². The molecule has 5 nitrogen and oxygen atoms in total. The highest BCUT2D eigenvalue weighted by Gasteiger charge is 2.23. The molecule has 2 atom stereocenters. The smallest absolute Gasteiger partial charge is 0.320 e. The van der Waals surface area contributed by atoms with Crippen molar-refractivity contribution in [2.24, 2.45) is 11.7 Å². The van der Waals surface area contributed by atoms with Crippen molar-refractivity contribution in [3.05, 3.63) is 0 Å². The summed E-state index contributed by atoms with van der Waals surface area (Å²) in [6.45, 7) is 0. The second-order valence-corrected chi connectivity index (χ2v) is 2.62. The van der Waals surface area contributed by atoms with Crippen molar-refractivity contribution in [2.75, 3.05) is 0 Å². The summed E-state index contributed by atoms with van der Waals surface area (Å²) in [6, 6.07) is -1.17. The van der Waals surface area contributed by atoms with E-state index in [2.05, 4.69) is 5.92 Å². The molecule has 0 radical (unpaired) electrons. The van der Waals surface area contributed by atoms with Crippen LogP contribution in [0.25, 0.3) is 0 Å². The highest BCUT2D eigenvalue weighted by atomic mass is 16.4. The third kappa shape index (κ3) is 4.13. The van der Waals surface area contributed by atoms with Crippen molar-refractivity contribution in [3.8, 4) is 12.3 Å². The van der Waals surface area contributed by atoms with E-state index in [0.717, 1.165) is 0 Å². The zero-order valence-corrected chi connectivity index (χ0v) is 6.93. The number of hydrogen-bond acceptors (Lipinski definition) is 3. The Bertz CT molecular complexity index is 243. The van der Waals surface area contributed by atoms with Gasteiger partial charge in [-0.05, 0) is 6.42 Å². The molecule has 0 fully saturated rings. The molecule has 0 amide bonds. The lowest BCUT2D eigenvalue weighted by Crippen LogP contribution is -2.34. The van der Waals surface area contributed by atoms with Crippen LogP contribution in [0.1, 0.15) is 12.8 Å². The van der Waals surface area contributed by atoms with Gasteiger partial charge in [-0.25, -0.2) is 0 Å². The van der Waals surface area contributed by atoms with Crippen molar-refractivity contribution < 1.29 is 19.8 Å². The van der Waals surface area contributed by atoms with Gasteiger partial charge in [0.25, 0.3) is 0 Å². The van der Waals surface area contributed by atoms with Gasteiger partial charge in [0, 0.05) is 6.42 Å². The average Bonchev–Trinajstić information content (AvgIpc) is 2.03. The molecule has 0 aromatic rings. The largest absolute Gasteiger partial charge is 0.481 e. The number of hydrogen-bond donors (Lipinski definition) is 3. The Labute approximate surface area is 75.5 Å². The molecule has 0 saturated carbocycles. The number of nitrogens with two attached hydrogens (primary N) is 1. The number of carbonyl (C=O) groups is 2. The molecule has 0 aliphatic rings. The average molecular weight is 185 g/mol. The highest BCUT2D eigenvalue weighted by molar-refractivity contribution is 5.75. The maximum Gasteiger partial charge on any atom is 0.320 e. The van der Waals surface area contributed by atoms with Crippen LogP contribution in [-0.2, 0) is 9.59 Å². The first-order valence-corrected chi connectivity index (χ1v) is 3.63. The Kier molecular flexibility index (Phi) is 4.55. The molecule has 0 rings (SSSR count). The molecule has 0 saturated heterocycles. The Balaban J connectivity index is 4.19. The predicted octanol–water partition coefficient (Wildman–Crippen LogP) is -0.487. The van der Waals surface area contributed by atoms with Crippen LogP contribution in [-0.4, -0.2) is 28.2 Å². The quantitative estimate of drug-likeness (QED) is 0.502. The summed E-state index contributed by atoms with van der Waals surface area (Å²) in [5.41, 5.74) is 5.15. The third-order valence-electron chi connectivity index (χ3n) is 1.57. The summed E-state index contributed by atoms with van der Waals surface area (Å²) < 4.78 is 0. The van der Waals surface area contributed by atoms with Crippen molar-refractivity contribution in [3.63, 3.8) is 0 Å². The topological polar surface area (TPSA) is 101 Å². The van der Waals surface area contributed by atoms with Gasteiger partial charge in [0.05, 0.1) is 5.92 Å². The van der Waals surface area contributed by atoms with E-state index in [1.807, 2.05) is 0 Å². The summed E-state index contributed by atoms with van der Waals surface area (Å²) >= 11 is 0. The minimum Gasteiger partial charge on any atom is -0.481 e. The molecule has 0 aromatic heterocycles. The van der Waals surface area contributed by atoms with Crippen LogP contribution in [0, 0.1) is 18.3 Å². The molecule has 1 unspecified atom stereocenters. The molecule has 13 heavy (non-hydrogen) atoms. The van der Waals surface area contributed by atoms with Crippen LogP contribution in [0.5, 0.6) is 0 Å². The van der Waals surface area contributed by atoms with Crippen molar-refractivity contribution >= 4 is 11.9 Å². The van der Waals surface area contributed by atoms with Gasteiger partial charge in [0.15, 0.2) is 0 Å². The fourth-order valence-electron chi connectivity index (χ4n) is 0.821. The highest BCUT2D eigenvalue weighted by Crippen LogP contribution is 2.10. The maximum absolute atomic E-state index is 10.5. The van der Waals surface area contributed by atoms with Crippen LogP contribution in [0.4, 0.5) is 0 Å². The Hall–Kier alpha value is -1.54. The second-order valence-electron chi connectivity index (χ2n) is 2.62. The van der Waals surface area contributed by atoms with Crippen LogP contribution in [0.2, 0.25) is 0 Å². The molecule has 5 heteroatoms. The first-order chi connectivity index (χ1) is 5.99. The molecular weight excluding hydrogens is 174 g/mol. The maximum atomic E-state index is 10.5. The molecule has 0 bridgehead atoms. The SMILES string of the molecule is C#CCC(C[C@H](N)C(=O)O)C(=O)O. The molecule has 4 N–H and O–H groups in total. The lowest BCUT2D eigenvalue weighted by molar-refractivity contribution is -0.143. The van der Waals surface area contributed by atoms with E-state index >= 15 is 0 Å². The lowest BCUT2D eigenvalue weighted by atomic mass is 9.97. The normalized spacial score (nSPS) is 14.2. The zero-order chi connectivity index (χ0) is 10.4. The minimum absolute atomic E-state index is 0.00366. The Morgan fingerprint density at radius 1 is 1.38 bits per heavy atom. The molecule has 0 heterocycles. The second kappa shape index (κ2) is 5.17. The summed E-state index contributed by atoms with van der Waals surface area (Å²) in [7, 11) is 0. The van der Waals surface area contributed by atoms with E-state index in [4.69, 9.17) is 22.4 Å². The zero-order valence-electron chi connectivity index (χ0n) is 6.93. The standard InChI is InChI=1S/C8H11NO4/c1-2-3-5(7(10)11)4-6(9)8(12)13/h1,5-6H,3-4,9H2,(H,10,11)(H,12,13)/t5?,6-/m0/s1. The van der Waals surface area contributed by atoms with Crippen LogP contribution >= 0.6 is 0 Å². The van der Waals surface area contributed by atoms with E-state index in [1.165, 1.54) is 0 Å². The van der Waals surface area contributed by atoms with Gasteiger partial charge in [-0.3, -0.25) is 9.59 Å². The van der Waals surface area contributed by atoms with Gasteiger partial charge in [0.1, 0.15) is 6.04 Å². The van der Waals surface area contributed by atoms with Gasteiger partial charge in [-0.1, -0.05) is 0 Å². The summed E-state index contributed by atoms with van der Waals surface area (Å²) in [6.07, 6.45) is 4.77. The van der Waals surface area contributed by atoms with Crippen molar-refractivity contribution in [1.29, 1.82) is 0 Å². The molecule has 0 spiro atoms. The van der Waals surface area contributed by atoms with Crippen LogP contribution in [0.3, 0.4) is 0 Å². The predicted molar refractivity (Wildman–Crippen MR) is 44.8 cm³/mol. The summed E-state index contributed by atoms with van der Waals surface area (Å²) in [5.74, 6) is -1.05. The third-order valence-corrected chi connectivity index (χ3v) is 1.57. The van der Waals surface area contributed by atoms with Gasteiger partial charge in [0.2, 0.25) is 0 Å². The van der Waals surface area contributed by atoms with Gasteiger partial charge < -0.3 is 15.9 Å². The van der Waals surface area contributed by atoms with E-state index in [-0.39, 0.29) is 12.8 Å². The number of rotatable bonds is 5. The molecular formula is C8H11NO4. The lowest BCUT2D eigenvalue weighted by Gasteiger charge is -2.11. The number of carboxylic acids is 2. The van der Waals surface area contributed by atoms with Crippen molar-refractivity contribution in [2.45, 2.75) is 18.9 Å². The van der Waals surface area contributed by atoms with Crippen molar-refractivity contribution in [1.82, 2.24) is 0 Å². The number of carboxylic acid groups (broad SMARTS) is 2. The molecule has 0 aliphatic heterocycles.